The predicted octanol–water partition coefficient (Wildman–Crippen LogP) is 3.22. The number of halogens is 2. The molecular formula is C9H14Cl2O2. The predicted molar refractivity (Wildman–Crippen MR) is 53.3 cm³/mol. The molecular weight excluding hydrogens is 211 g/mol. The Kier molecular flexibility index (Phi) is 3.87. The summed E-state index contributed by atoms with van der Waals surface area (Å²) in [5, 5.41) is 8.61. The van der Waals surface area contributed by atoms with Crippen LogP contribution in [0.2, 0.25) is 0 Å². The normalized spacial score (nSPS) is 20.2. The van der Waals surface area contributed by atoms with Gasteiger partial charge in [0.25, 0.3) is 0 Å². The number of aliphatic carboxylic acids is 1. The molecule has 0 heterocycles. The molecule has 0 aromatic carbocycles. The molecule has 0 saturated heterocycles. The van der Waals surface area contributed by atoms with Crippen LogP contribution >= 0.6 is 23.2 Å². The molecule has 13 heavy (non-hydrogen) atoms. The topological polar surface area (TPSA) is 37.3 Å². The van der Waals surface area contributed by atoms with Gasteiger partial charge in [0.1, 0.15) is 4.33 Å². The minimum absolute atomic E-state index is 0.152. The van der Waals surface area contributed by atoms with Crippen molar-refractivity contribution in [3.8, 4) is 0 Å². The van der Waals surface area contributed by atoms with E-state index in [0.717, 1.165) is 25.7 Å². The van der Waals surface area contributed by atoms with E-state index in [4.69, 9.17) is 28.3 Å². The Morgan fingerprint density at radius 3 is 2.31 bits per heavy atom. The first-order chi connectivity index (χ1) is 6.02. The smallest absolute Gasteiger partial charge is 0.306 e. The molecule has 1 fully saturated rings. The van der Waals surface area contributed by atoms with E-state index in [1.807, 2.05) is 0 Å². The van der Waals surface area contributed by atoms with Gasteiger partial charge in [-0.15, -0.1) is 23.2 Å². The van der Waals surface area contributed by atoms with Crippen LogP contribution in [0.15, 0.2) is 0 Å². The molecule has 1 aliphatic rings. The van der Waals surface area contributed by atoms with Gasteiger partial charge in [-0.25, -0.2) is 0 Å². The maximum Gasteiger partial charge on any atom is 0.306 e. The molecule has 4 heteroatoms. The first-order valence-electron chi connectivity index (χ1n) is 4.62. The first-order valence-corrected chi connectivity index (χ1v) is 5.37. The highest BCUT2D eigenvalue weighted by molar-refractivity contribution is 6.49. The maximum atomic E-state index is 10.5. The summed E-state index contributed by atoms with van der Waals surface area (Å²) in [5.41, 5.74) is 0. The van der Waals surface area contributed by atoms with Crippen molar-refractivity contribution in [2.45, 2.75) is 42.9 Å². The Balaban J connectivity index is 2.50. The van der Waals surface area contributed by atoms with Crippen LogP contribution in [0.5, 0.6) is 0 Å². The van der Waals surface area contributed by atoms with Crippen LogP contribution in [0.4, 0.5) is 0 Å². The van der Waals surface area contributed by atoms with Gasteiger partial charge in [-0.05, 0) is 18.8 Å². The van der Waals surface area contributed by atoms with Gasteiger partial charge >= 0.3 is 5.97 Å². The van der Waals surface area contributed by atoms with Crippen LogP contribution in [-0.4, -0.2) is 15.4 Å². The van der Waals surface area contributed by atoms with E-state index in [-0.39, 0.29) is 12.3 Å². The molecule has 1 aliphatic carbocycles. The fraction of sp³-hybridized carbons (Fsp3) is 0.889. The molecule has 0 aromatic rings. The Hall–Kier alpha value is 0.0500. The molecule has 1 N–H and O–H groups in total. The van der Waals surface area contributed by atoms with Crippen LogP contribution in [0.3, 0.4) is 0 Å². The second-order valence-electron chi connectivity index (χ2n) is 3.67. The van der Waals surface area contributed by atoms with Crippen molar-refractivity contribution in [2.24, 2.45) is 5.92 Å². The summed E-state index contributed by atoms with van der Waals surface area (Å²) in [6.45, 7) is 0. The second kappa shape index (κ2) is 4.52. The van der Waals surface area contributed by atoms with E-state index < -0.39 is 10.3 Å². The van der Waals surface area contributed by atoms with Gasteiger partial charge in [0.15, 0.2) is 0 Å². The molecule has 2 nitrogen and oxygen atoms in total. The van der Waals surface area contributed by atoms with Crippen molar-refractivity contribution in [3.05, 3.63) is 0 Å². The zero-order chi connectivity index (χ0) is 9.90. The average molecular weight is 225 g/mol. The standard InChI is InChI=1S/C9H14Cl2O2/c10-9(11,6-8(12)13)7-4-2-1-3-5-7/h7H,1-6H2,(H,12,13). The summed E-state index contributed by atoms with van der Waals surface area (Å²) in [6, 6.07) is 0. The fourth-order valence-corrected chi connectivity index (χ4v) is 2.54. The molecule has 76 valence electrons. The summed E-state index contributed by atoms with van der Waals surface area (Å²) < 4.78 is -1.06. The average Bonchev–Trinajstić information content (AvgIpc) is 2.04. The van der Waals surface area contributed by atoms with Crippen LogP contribution in [0, 0.1) is 5.92 Å². The molecule has 0 unspecified atom stereocenters. The minimum Gasteiger partial charge on any atom is -0.481 e. The Bertz CT molecular complexity index is 186. The highest BCUT2D eigenvalue weighted by Crippen LogP contribution is 2.42. The zero-order valence-electron chi connectivity index (χ0n) is 7.43. The lowest BCUT2D eigenvalue weighted by molar-refractivity contribution is -0.137. The summed E-state index contributed by atoms with van der Waals surface area (Å²) in [7, 11) is 0. The van der Waals surface area contributed by atoms with Crippen LogP contribution < -0.4 is 0 Å². The van der Waals surface area contributed by atoms with Gasteiger partial charge in [-0.3, -0.25) is 4.79 Å². The molecule has 0 atom stereocenters. The first kappa shape index (κ1) is 11.1. The van der Waals surface area contributed by atoms with Crippen molar-refractivity contribution in [2.75, 3.05) is 0 Å². The molecule has 1 rings (SSSR count). The molecule has 0 aromatic heterocycles. The van der Waals surface area contributed by atoms with Crippen molar-refractivity contribution < 1.29 is 9.90 Å². The third-order valence-electron chi connectivity index (χ3n) is 2.59. The summed E-state index contributed by atoms with van der Waals surface area (Å²) >= 11 is 12.0. The third kappa shape index (κ3) is 3.35. The molecule has 0 amide bonds. The second-order valence-corrected chi connectivity index (χ2v) is 5.21. The van der Waals surface area contributed by atoms with Crippen LogP contribution in [0.25, 0.3) is 0 Å². The number of carboxylic acid groups (broad SMARTS) is 1. The Morgan fingerprint density at radius 2 is 1.85 bits per heavy atom. The van der Waals surface area contributed by atoms with E-state index in [2.05, 4.69) is 0 Å². The maximum absolute atomic E-state index is 10.5. The minimum atomic E-state index is -1.06. The van der Waals surface area contributed by atoms with Gasteiger partial charge in [0.05, 0.1) is 6.42 Å². The number of carbonyl (C=O) groups is 1. The van der Waals surface area contributed by atoms with E-state index >= 15 is 0 Å². The number of alkyl halides is 2. The Labute approximate surface area is 88.2 Å². The largest absolute Gasteiger partial charge is 0.481 e. The number of hydrogen-bond acceptors (Lipinski definition) is 1. The number of carboxylic acids is 1. The summed E-state index contributed by atoms with van der Waals surface area (Å²) in [5.74, 6) is -0.767. The lowest BCUT2D eigenvalue weighted by Gasteiger charge is -2.31. The SMILES string of the molecule is O=C(O)CC(Cl)(Cl)C1CCCCC1. The molecule has 0 bridgehead atoms. The highest BCUT2D eigenvalue weighted by Gasteiger charge is 2.37. The van der Waals surface area contributed by atoms with E-state index in [0.29, 0.717) is 0 Å². The monoisotopic (exact) mass is 224 g/mol. The molecule has 0 spiro atoms. The van der Waals surface area contributed by atoms with Gasteiger partial charge < -0.3 is 5.11 Å². The van der Waals surface area contributed by atoms with E-state index in [9.17, 15) is 4.79 Å². The lowest BCUT2D eigenvalue weighted by atomic mass is 9.85. The van der Waals surface area contributed by atoms with Crippen LogP contribution in [0.1, 0.15) is 38.5 Å². The van der Waals surface area contributed by atoms with Crippen LogP contribution in [-0.2, 0) is 4.79 Å². The van der Waals surface area contributed by atoms with Crippen molar-refractivity contribution in [3.63, 3.8) is 0 Å². The summed E-state index contributed by atoms with van der Waals surface area (Å²) in [6.07, 6.45) is 5.21. The van der Waals surface area contributed by atoms with Gasteiger partial charge in [-0.1, -0.05) is 19.3 Å². The lowest BCUT2D eigenvalue weighted by Crippen LogP contribution is -2.30. The van der Waals surface area contributed by atoms with Gasteiger partial charge in [0.2, 0.25) is 0 Å². The van der Waals surface area contributed by atoms with Gasteiger partial charge in [-0.2, -0.15) is 0 Å². The van der Waals surface area contributed by atoms with Crippen molar-refractivity contribution in [1.29, 1.82) is 0 Å². The Morgan fingerprint density at radius 1 is 1.31 bits per heavy atom. The number of rotatable bonds is 3. The molecule has 0 radical (unpaired) electrons. The highest BCUT2D eigenvalue weighted by atomic mass is 35.5. The fourth-order valence-electron chi connectivity index (χ4n) is 1.87. The molecule has 1 saturated carbocycles. The van der Waals surface area contributed by atoms with E-state index in [1.165, 1.54) is 6.42 Å². The molecule has 0 aliphatic heterocycles. The zero-order valence-corrected chi connectivity index (χ0v) is 8.94. The number of hydrogen-bond donors (Lipinski definition) is 1. The third-order valence-corrected chi connectivity index (χ3v) is 3.47. The van der Waals surface area contributed by atoms with E-state index in [1.54, 1.807) is 0 Å². The van der Waals surface area contributed by atoms with Crippen molar-refractivity contribution >= 4 is 29.2 Å². The van der Waals surface area contributed by atoms with Gasteiger partial charge in [0, 0.05) is 0 Å². The summed E-state index contributed by atoms with van der Waals surface area (Å²) in [4.78, 5) is 10.5. The quantitative estimate of drug-likeness (QED) is 0.748. The van der Waals surface area contributed by atoms with Crippen molar-refractivity contribution in [1.82, 2.24) is 0 Å².